The minimum atomic E-state index is -0.845. The van der Waals surface area contributed by atoms with Crippen LogP contribution < -0.4 is 0 Å². The Morgan fingerprint density at radius 1 is 0.614 bits per heavy atom. The molecule has 0 N–H and O–H groups in total. The van der Waals surface area contributed by atoms with Crippen LogP contribution in [0.25, 0.3) is 29.9 Å². The first-order chi connectivity index (χ1) is 21.1. The van der Waals surface area contributed by atoms with Crippen molar-refractivity contribution >= 4 is 54.8 Å². The van der Waals surface area contributed by atoms with Gasteiger partial charge in [-0.05, 0) is 67.3 Å². The van der Waals surface area contributed by atoms with Gasteiger partial charge < -0.3 is 9.47 Å². The fraction of sp³-hybridized carbons (Fsp3) is 0.211. The number of hydrogen-bond donors (Lipinski definition) is 0. The quantitative estimate of drug-likeness (QED) is 0.151. The molecule has 0 spiro atoms. The average molecular weight is 619 g/mol. The summed E-state index contributed by atoms with van der Waals surface area (Å²) in [5, 5.41) is 2.11. The summed E-state index contributed by atoms with van der Waals surface area (Å²) in [7, 11) is 0. The molecule has 0 fully saturated rings. The van der Waals surface area contributed by atoms with E-state index in [0.717, 1.165) is 52.2 Å². The molecule has 0 aliphatic carbocycles. The van der Waals surface area contributed by atoms with Crippen molar-refractivity contribution < 1.29 is 19.1 Å². The Balaban J connectivity index is 1.36. The molecule has 4 aromatic carbocycles. The molecule has 222 valence electrons. The van der Waals surface area contributed by atoms with E-state index in [4.69, 9.17) is 9.47 Å². The number of ketones is 1. The third-order valence-electron chi connectivity index (χ3n) is 8.27. The second-order valence-corrected chi connectivity index (χ2v) is 14.0. The summed E-state index contributed by atoms with van der Waals surface area (Å²) in [5.74, 6) is 0.152. The van der Waals surface area contributed by atoms with Crippen LogP contribution in [0.2, 0.25) is 0 Å². The van der Waals surface area contributed by atoms with Crippen LogP contribution >= 0.6 is 22.7 Å². The third-order valence-corrected chi connectivity index (χ3v) is 10.9. The Kier molecular flexibility index (Phi) is 8.14. The summed E-state index contributed by atoms with van der Waals surface area (Å²) in [6.45, 7) is 7.76. The number of carbonyl (C=O) groups excluding carboxylic acids is 2. The molecule has 0 aliphatic heterocycles. The highest BCUT2D eigenvalue weighted by Gasteiger charge is 2.32. The van der Waals surface area contributed by atoms with Crippen molar-refractivity contribution in [3.8, 4) is 9.75 Å². The zero-order chi connectivity index (χ0) is 30.9. The maximum absolute atomic E-state index is 14.0. The summed E-state index contributed by atoms with van der Waals surface area (Å²) < 4.78 is 13.8. The van der Waals surface area contributed by atoms with E-state index in [1.54, 1.807) is 22.7 Å². The monoisotopic (exact) mass is 618 g/mol. The van der Waals surface area contributed by atoms with Crippen LogP contribution in [0.5, 0.6) is 0 Å². The first kappa shape index (κ1) is 29.8. The van der Waals surface area contributed by atoms with Crippen molar-refractivity contribution in [1.29, 1.82) is 0 Å². The lowest BCUT2D eigenvalue weighted by Crippen LogP contribution is -2.30. The van der Waals surface area contributed by atoms with Crippen LogP contribution in [0.4, 0.5) is 4.79 Å². The lowest BCUT2D eigenvalue weighted by molar-refractivity contribution is -0.122. The van der Waals surface area contributed by atoms with Gasteiger partial charge in [-0.3, -0.25) is 4.79 Å². The Bertz CT molecular complexity index is 1950. The largest absolute Gasteiger partial charge is 0.509 e. The Morgan fingerprint density at radius 2 is 1.09 bits per heavy atom. The average Bonchev–Trinajstić information content (AvgIpc) is 3.58. The number of hydrogen-bond acceptors (Lipinski definition) is 6. The first-order valence-electron chi connectivity index (χ1n) is 14.7. The van der Waals surface area contributed by atoms with Gasteiger partial charge in [0.25, 0.3) is 0 Å². The van der Waals surface area contributed by atoms with E-state index in [9.17, 15) is 9.59 Å². The van der Waals surface area contributed by atoms with Gasteiger partial charge in [0.1, 0.15) is 18.0 Å². The normalized spacial score (nSPS) is 12.0. The van der Waals surface area contributed by atoms with E-state index in [0.29, 0.717) is 6.42 Å². The number of ether oxygens (including phenoxy) is 2. The molecular weight excluding hydrogens is 585 g/mol. The summed E-state index contributed by atoms with van der Waals surface area (Å²) in [6.07, 6.45) is -0.431. The highest BCUT2D eigenvalue weighted by Crippen LogP contribution is 2.47. The molecule has 4 nitrogen and oxygen atoms in total. The summed E-state index contributed by atoms with van der Waals surface area (Å²) in [5.41, 5.74) is 2.32. The van der Waals surface area contributed by atoms with Gasteiger partial charge in [-0.2, -0.15) is 0 Å². The number of carbonyl (C=O) groups is 2. The second-order valence-electron chi connectivity index (χ2n) is 11.9. The topological polar surface area (TPSA) is 52.6 Å². The molecule has 0 unspecified atom stereocenters. The molecule has 0 amide bonds. The maximum atomic E-state index is 14.0. The predicted molar refractivity (Wildman–Crippen MR) is 182 cm³/mol. The lowest BCUT2D eigenvalue weighted by Gasteiger charge is -2.25. The third kappa shape index (κ3) is 5.80. The molecule has 2 aromatic heterocycles. The van der Waals surface area contributed by atoms with Gasteiger partial charge in [-0.1, -0.05) is 97.1 Å². The Labute approximate surface area is 265 Å². The minimum Gasteiger partial charge on any atom is -0.429 e. The fourth-order valence-electron chi connectivity index (χ4n) is 5.55. The molecule has 6 rings (SSSR count). The minimum absolute atomic E-state index is 0.0557. The van der Waals surface area contributed by atoms with Crippen LogP contribution in [0.15, 0.2) is 109 Å². The molecular formula is C38H34O4S2. The molecule has 6 aromatic rings. The second kappa shape index (κ2) is 12.0. The molecule has 6 heteroatoms. The maximum Gasteiger partial charge on any atom is 0.509 e. The molecule has 0 bridgehead atoms. The zero-order valence-electron chi connectivity index (χ0n) is 25.3. The van der Waals surface area contributed by atoms with E-state index in [1.807, 2.05) is 113 Å². The van der Waals surface area contributed by atoms with Gasteiger partial charge in [-0.15, -0.1) is 22.7 Å². The van der Waals surface area contributed by atoms with Crippen molar-refractivity contribution in [3.05, 3.63) is 131 Å². The smallest absolute Gasteiger partial charge is 0.429 e. The zero-order valence-corrected chi connectivity index (χ0v) is 26.9. The number of thiophene rings is 2. The van der Waals surface area contributed by atoms with Crippen LogP contribution in [-0.2, 0) is 38.3 Å². The Morgan fingerprint density at radius 3 is 1.68 bits per heavy atom. The van der Waals surface area contributed by atoms with Gasteiger partial charge in [0.05, 0.1) is 4.88 Å². The van der Waals surface area contributed by atoms with E-state index >= 15 is 0 Å². The van der Waals surface area contributed by atoms with Crippen molar-refractivity contribution in [2.24, 2.45) is 0 Å². The molecule has 0 aliphatic rings. The van der Waals surface area contributed by atoms with Crippen LogP contribution in [0.3, 0.4) is 0 Å². The van der Waals surface area contributed by atoms with Gasteiger partial charge in [0.15, 0.2) is 0 Å². The summed E-state index contributed by atoms with van der Waals surface area (Å²) in [6, 6.07) is 36.0. The van der Waals surface area contributed by atoms with Crippen molar-refractivity contribution in [2.45, 2.75) is 51.7 Å². The van der Waals surface area contributed by atoms with Gasteiger partial charge in [0, 0.05) is 31.7 Å². The number of rotatable bonds is 9. The van der Waals surface area contributed by atoms with Crippen molar-refractivity contribution in [3.63, 3.8) is 0 Å². The number of fused-ring (bicyclic) bond motifs is 2. The first-order valence-corrected chi connectivity index (χ1v) is 16.3. The molecule has 44 heavy (non-hydrogen) atoms. The summed E-state index contributed by atoms with van der Waals surface area (Å²) >= 11 is 3.35. The van der Waals surface area contributed by atoms with Crippen molar-refractivity contribution in [1.82, 2.24) is 0 Å². The van der Waals surface area contributed by atoms with E-state index < -0.39 is 17.2 Å². The van der Waals surface area contributed by atoms with Gasteiger partial charge in [-0.25, -0.2) is 4.79 Å². The molecule has 0 saturated carbocycles. The van der Waals surface area contributed by atoms with Crippen LogP contribution in [0.1, 0.15) is 49.9 Å². The van der Waals surface area contributed by atoms with E-state index in [-0.39, 0.29) is 12.4 Å². The van der Waals surface area contributed by atoms with Crippen molar-refractivity contribution in [2.75, 3.05) is 0 Å². The van der Waals surface area contributed by atoms with Crippen LogP contribution in [0, 0.1) is 0 Å². The molecule has 2 heterocycles. The summed E-state index contributed by atoms with van der Waals surface area (Å²) in [4.78, 5) is 29.1. The SMILES string of the molecule is CC(C)(OC(=O)OCc1c(-c2sc3ccccc3c2CC(=O)C(C)(C)c2ccccc2)sc2ccccc12)c1ccccc1. The van der Waals surface area contributed by atoms with Crippen LogP contribution in [-0.4, -0.2) is 11.9 Å². The Hall–Kier alpha value is -4.26. The van der Waals surface area contributed by atoms with E-state index in [1.165, 1.54) is 0 Å². The van der Waals surface area contributed by atoms with Gasteiger partial charge >= 0.3 is 6.16 Å². The van der Waals surface area contributed by atoms with Gasteiger partial charge in [0.2, 0.25) is 0 Å². The number of Topliss-reactive ketones (excluding diaryl/α,β-unsaturated/α-hetero) is 1. The lowest BCUT2D eigenvalue weighted by atomic mass is 9.78. The molecule has 0 saturated heterocycles. The number of benzene rings is 4. The molecule has 0 radical (unpaired) electrons. The molecule has 0 atom stereocenters. The fourth-order valence-corrected chi connectivity index (χ4v) is 8.16. The highest BCUT2D eigenvalue weighted by molar-refractivity contribution is 7.28. The van der Waals surface area contributed by atoms with E-state index in [2.05, 4.69) is 24.3 Å². The highest BCUT2D eigenvalue weighted by atomic mass is 32.1. The standard InChI is InChI=1S/C38H34O4S2/c1-37(2,25-15-7-5-8-16-25)33(39)23-29-27-19-11-13-21-31(27)43-34(29)35-30(28-20-12-14-22-32(28)44-35)24-41-36(40)42-38(3,4)26-17-9-6-10-18-26/h5-22H,23-24H2,1-4H3. The predicted octanol–water partition coefficient (Wildman–Crippen LogP) is 10.5.